The van der Waals surface area contributed by atoms with Crippen molar-refractivity contribution >= 4 is 16.9 Å². The van der Waals surface area contributed by atoms with E-state index in [1.807, 2.05) is 28.8 Å². The van der Waals surface area contributed by atoms with Crippen molar-refractivity contribution < 1.29 is 18.7 Å². The summed E-state index contributed by atoms with van der Waals surface area (Å²) in [5.41, 5.74) is 1.31. The predicted molar refractivity (Wildman–Crippen MR) is 138 cm³/mol. The number of nitrogens with zero attached hydrogens (tertiary/aromatic N) is 2. The van der Waals surface area contributed by atoms with Crippen LogP contribution in [0.15, 0.2) is 42.5 Å². The van der Waals surface area contributed by atoms with Crippen LogP contribution in [0.5, 0.6) is 11.5 Å². The number of ether oxygens (including phenoxy) is 2. The highest BCUT2D eigenvalue weighted by molar-refractivity contribution is 5.85. The fraction of sp³-hybridized carbons (Fsp3) is 0.517. The van der Waals surface area contributed by atoms with Crippen molar-refractivity contribution in [2.75, 3.05) is 7.11 Å². The Morgan fingerprint density at radius 3 is 2.44 bits per heavy atom. The molecule has 36 heavy (non-hydrogen) atoms. The molecule has 1 amide bonds. The van der Waals surface area contributed by atoms with Gasteiger partial charge in [-0.2, -0.15) is 0 Å². The highest BCUT2D eigenvalue weighted by Gasteiger charge is 2.35. The van der Waals surface area contributed by atoms with E-state index in [1.165, 1.54) is 25.0 Å². The van der Waals surface area contributed by atoms with E-state index in [2.05, 4.69) is 5.32 Å². The number of carbonyl (C=O) groups excluding carboxylic acids is 1. The Bertz CT molecular complexity index is 1180. The first-order valence-corrected chi connectivity index (χ1v) is 13.4. The van der Waals surface area contributed by atoms with E-state index in [4.69, 9.17) is 14.5 Å². The molecule has 0 radical (unpaired) electrons. The summed E-state index contributed by atoms with van der Waals surface area (Å²) >= 11 is 0. The van der Waals surface area contributed by atoms with Crippen molar-refractivity contribution in [2.45, 2.75) is 82.9 Å². The van der Waals surface area contributed by atoms with Crippen LogP contribution in [0.1, 0.15) is 76.1 Å². The minimum Gasteiger partial charge on any atom is -0.493 e. The number of imidazole rings is 1. The molecule has 2 aliphatic rings. The summed E-state index contributed by atoms with van der Waals surface area (Å²) in [4.78, 5) is 18.7. The first-order chi connectivity index (χ1) is 17.6. The highest BCUT2D eigenvalue weighted by Crippen LogP contribution is 2.37. The van der Waals surface area contributed by atoms with E-state index in [0.717, 1.165) is 56.9 Å². The lowest BCUT2D eigenvalue weighted by Gasteiger charge is -2.33. The van der Waals surface area contributed by atoms with Crippen LogP contribution in [0.3, 0.4) is 0 Å². The summed E-state index contributed by atoms with van der Waals surface area (Å²) < 4.78 is 27.8. The van der Waals surface area contributed by atoms with E-state index in [-0.39, 0.29) is 30.3 Å². The van der Waals surface area contributed by atoms with Crippen molar-refractivity contribution in [3.05, 3.63) is 54.1 Å². The molecule has 2 aliphatic carbocycles. The van der Waals surface area contributed by atoms with Gasteiger partial charge in [-0.1, -0.05) is 50.7 Å². The number of benzene rings is 2. The molecule has 0 bridgehead atoms. The fourth-order valence-corrected chi connectivity index (χ4v) is 5.94. The SMILES string of the molecule is COc1ccccc1OCc1nc2cc(F)ccc2n1C(C(=O)NC1CCCCC1)C1CCCCC1. The number of carbonyl (C=O) groups is 1. The Labute approximate surface area is 212 Å². The zero-order chi connectivity index (χ0) is 24.9. The van der Waals surface area contributed by atoms with Gasteiger partial charge in [0.2, 0.25) is 5.91 Å². The minimum absolute atomic E-state index is 0.0518. The number of hydrogen-bond donors (Lipinski definition) is 1. The number of fused-ring (bicyclic) bond motifs is 1. The van der Waals surface area contributed by atoms with E-state index >= 15 is 0 Å². The van der Waals surface area contributed by atoms with Gasteiger partial charge in [0, 0.05) is 12.1 Å². The molecular weight excluding hydrogens is 457 g/mol. The zero-order valence-electron chi connectivity index (χ0n) is 21.0. The van der Waals surface area contributed by atoms with Gasteiger partial charge >= 0.3 is 0 Å². The van der Waals surface area contributed by atoms with E-state index in [0.29, 0.717) is 22.8 Å². The first kappa shape index (κ1) is 24.6. The molecule has 3 aromatic rings. The molecular formula is C29H36FN3O3. The maximum Gasteiger partial charge on any atom is 0.243 e. The number of rotatable bonds is 8. The summed E-state index contributed by atoms with van der Waals surface area (Å²) in [6, 6.07) is 11.9. The van der Waals surface area contributed by atoms with Gasteiger partial charge in [-0.05, 0) is 55.9 Å². The van der Waals surface area contributed by atoms with Gasteiger partial charge in [-0.15, -0.1) is 0 Å². The monoisotopic (exact) mass is 493 g/mol. The quantitative estimate of drug-likeness (QED) is 0.398. The number of aromatic nitrogens is 2. The molecule has 0 saturated heterocycles. The largest absolute Gasteiger partial charge is 0.493 e. The third kappa shape index (κ3) is 5.35. The number of amides is 1. The summed E-state index contributed by atoms with van der Waals surface area (Å²) in [6.07, 6.45) is 11.0. The Balaban J connectivity index is 1.53. The average Bonchev–Trinajstić information content (AvgIpc) is 3.26. The second-order valence-corrected chi connectivity index (χ2v) is 10.2. The molecule has 1 aromatic heterocycles. The number of hydrogen-bond acceptors (Lipinski definition) is 4. The van der Waals surface area contributed by atoms with Crippen LogP contribution in [-0.4, -0.2) is 28.6 Å². The molecule has 5 rings (SSSR count). The molecule has 1 unspecified atom stereocenters. The number of para-hydroxylation sites is 2. The van der Waals surface area contributed by atoms with E-state index in [9.17, 15) is 9.18 Å². The smallest absolute Gasteiger partial charge is 0.243 e. The molecule has 0 spiro atoms. The van der Waals surface area contributed by atoms with Crippen LogP contribution in [0.2, 0.25) is 0 Å². The van der Waals surface area contributed by atoms with Crippen LogP contribution in [0.25, 0.3) is 11.0 Å². The first-order valence-electron chi connectivity index (χ1n) is 13.4. The molecule has 192 valence electrons. The van der Waals surface area contributed by atoms with Gasteiger partial charge in [-0.3, -0.25) is 4.79 Å². The second-order valence-electron chi connectivity index (χ2n) is 10.2. The second kappa shape index (κ2) is 11.3. The van der Waals surface area contributed by atoms with Crippen LogP contribution < -0.4 is 14.8 Å². The maximum absolute atomic E-state index is 14.2. The van der Waals surface area contributed by atoms with Crippen molar-refractivity contribution in [1.82, 2.24) is 14.9 Å². The fourth-order valence-electron chi connectivity index (χ4n) is 5.94. The third-order valence-corrected chi connectivity index (χ3v) is 7.75. The maximum atomic E-state index is 14.2. The Kier molecular flexibility index (Phi) is 7.73. The van der Waals surface area contributed by atoms with E-state index in [1.54, 1.807) is 13.2 Å². The molecule has 2 aromatic carbocycles. The Morgan fingerprint density at radius 2 is 1.72 bits per heavy atom. The van der Waals surface area contributed by atoms with Crippen molar-refractivity contribution in [3.63, 3.8) is 0 Å². The normalized spacial score (nSPS) is 18.2. The van der Waals surface area contributed by atoms with Gasteiger partial charge in [-0.25, -0.2) is 9.37 Å². The molecule has 1 atom stereocenters. The van der Waals surface area contributed by atoms with Crippen LogP contribution in [-0.2, 0) is 11.4 Å². The Morgan fingerprint density at radius 1 is 1.03 bits per heavy atom. The lowest BCUT2D eigenvalue weighted by Crippen LogP contribution is -2.43. The summed E-state index contributed by atoms with van der Waals surface area (Å²) in [6.45, 7) is 0.149. The predicted octanol–water partition coefficient (Wildman–Crippen LogP) is 6.33. The summed E-state index contributed by atoms with van der Waals surface area (Å²) in [7, 11) is 1.61. The van der Waals surface area contributed by atoms with Crippen LogP contribution >= 0.6 is 0 Å². The molecule has 0 aliphatic heterocycles. The molecule has 1 heterocycles. The average molecular weight is 494 g/mol. The third-order valence-electron chi connectivity index (χ3n) is 7.75. The van der Waals surface area contributed by atoms with Gasteiger partial charge < -0.3 is 19.4 Å². The number of halogens is 1. The van der Waals surface area contributed by atoms with Gasteiger partial charge in [0.1, 0.15) is 24.3 Å². The van der Waals surface area contributed by atoms with Crippen molar-refractivity contribution in [2.24, 2.45) is 5.92 Å². The minimum atomic E-state index is -0.404. The summed E-state index contributed by atoms with van der Waals surface area (Å²) in [5, 5.41) is 3.38. The van der Waals surface area contributed by atoms with Gasteiger partial charge in [0.05, 0.1) is 18.1 Å². The van der Waals surface area contributed by atoms with E-state index < -0.39 is 6.04 Å². The van der Waals surface area contributed by atoms with Crippen LogP contribution in [0, 0.1) is 11.7 Å². The highest BCUT2D eigenvalue weighted by atomic mass is 19.1. The lowest BCUT2D eigenvalue weighted by molar-refractivity contribution is -0.127. The molecule has 7 heteroatoms. The lowest BCUT2D eigenvalue weighted by atomic mass is 9.83. The number of methoxy groups -OCH3 is 1. The summed E-state index contributed by atoms with van der Waals surface area (Å²) in [5.74, 6) is 1.77. The van der Waals surface area contributed by atoms with Crippen LogP contribution in [0.4, 0.5) is 4.39 Å². The molecule has 1 N–H and O–H groups in total. The van der Waals surface area contributed by atoms with Gasteiger partial charge in [0.25, 0.3) is 0 Å². The standard InChI is InChI=1S/C29H36FN3O3/c1-35-25-14-8-9-15-26(25)36-19-27-32-23-18-21(30)16-17-24(23)33(27)28(20-10-4-2-5-11-20)29(34)31-22-12-6-3-7-13-22/h8-9,14-18,20,22,28H,2-7,10-13,19H2,1H3,(H,31,34). The molecule has 6 nitrogen and oxygen atoms in total. The molecule has 2 fully saturated rings. The Hall–Kier alpha value is -3.09. The molecule has 2 saturated carbocycles. The number of nitrogens with one attached hydrogen (secondary N) is 1. The topological polar surface area (TPSA) is 65.4 Å². The van der Waals surface area contributed by atoms with Crippen molar-refractivity contribution in [1.29, 1.82) is 0 Å². The van der Waals surface area contributed by atoms with Gasteiger partial charge in [0.15, 0.2) is 11.5 Å². The van der Waals surface area contributed by atoms with Crippen molar-refractivity contribution in [3.8, 4) is 11.5 Å². The zero-order valence-corrected chi connectivity index (χ0v) is 21.0.